The Kier molecular flexibility index (Phi) is 2.96. The normalized spacial score (nSPS) is 17.2. The van der Waals surface area contributed by atoms with Crippen molar-refractivity contribution in [2.24, 2.45) is 7.05 Å². The highest BCUT2D eigenvalue weighted by Gasteiger charge is 2.15. The Bertz CT molecular complexity index is 555. The van der Waals surface area contributed by atoms with Gasteiger partial charge in [-0.05, 0) is 45.0 Å². The molecule has 0 unspecified atom stereocenters. The quantitative estimate of drug-likeness (QED) is 0.879. The number of hydrogen-bond acceptors (Lipinski definition) is 3. The summed E-state index contributed by atoms with van der Waals surface area (Å²) in [5, 5.41) is 3.35. The predicted molar refractivity (Wildman–Crippen MR) is 72.0 cm³/mol. The van der Waals surface area contributed by atoms with E-state index in [0.29, 0.717) is 6.10 Å². The lowest BCUT2D eigenvalue weighted by Gasteiger charge is -2.23. The Morgan fingerprint density at radius 2 is 2.11 bits per heavy atom. The number of piperidine rings is 1. The van der Waals surface area contributed by atoms with Crippen LogP contribution in [0.1, 0.15) is 18.7 Å². The lowest BCUT2D eigenvalue weighted by atomic mass is 10.1. The van der Waals surface area contributed by atoms with Gasteiger partial charge >= 0.3 is 0 Å². The lowest BCUT2D eigenvalue weighted by Crippen LogP contribution is -2.34. The lowest BCUT2D eigenvalue weighted by molar-refractivity contribution is 0.162. The Morgan fingerprint density at radius 1 is 1.33 bits per heavy atom. The number of nitrogens with one attached hydrogen (secondary N) is 1. The van der Waals surface area contributed by atoms with Crippen LogP contribution >= 0.6 is 0 Å². The van der Waals surface area contributed by atoms with Gasteiger partial charge in [0, 0.05) is 13.1 Å². The molecule has 1 fully saturated rings. The van der Waals surface area contributed by atoms with Crippen LogP contribution in [0.25, 0.3) is 11.0 Å². The van der Waals surface area contributed by atoms with Gasteiger partial charge in [-0.15, -0.1) is 0 Å². The number of aryl methyl sites for hydroxylation is 2. The molecule has 1 aliphatic heterocycles. The summed E-state index contributed by atoms with van der Waals surface area (Å²) >= 11 is 0. The average Bonchev–Trinajstić information content (AvgIpc) is 2.67. The first-order valence-corrected chi connectivity index (χ1v) is 6.54. The maximum atomic E-state index is 6.05. The van der Waals surface area contributed by atoms with Crippen molar-refractivity contribution in [2.75, 3.05) is 13.1 Å². The van der Waals surface area contributed by atoms with Gasteiger partial charge in [0.05, 0.1) is 11.0 Å². The first-order chi connectivity index (χ1) is 8.74. The van der Waals surface area contributed by atoms with Crippen LogP contribution in [0.2, 0.25) is 0 Å². The number of fused-ring (bicyclic) bond motifs is 1. The number of hydrogen-bond donors (Lipinski definition) is 1. The van der Waals surface area contributed by atoms with Crippen molar-refractivity contribution in [1.82, 2.24) is 14.9 Å². The summed E-state index contributed by atoms with van der Waals surface area (Å²) in [6, 6.07) is 6.16. The summed E-state index contributed by atoms with van der Waals surface area (Å²) in [6.45, 7) is 4.13. The van der Waals surface area contributed by atoms with E-state index in [2.05, 4.69) is 20.9 Å². The predicted octanol–water partition coefficient (Wildman–Crippen LogP) is 2.01. The minimum absolute atomic E-state index is 0.345. The van der Waals surface area contributed by atoms with E-state index in [9.17, 15) is 0 Å². The number of rotatable bonds is 2. The van der Waals surface area contributed by atoms with Crippen LogP contribution in [0.15, 0.2) is 18.2 Å². The molecule has 0 aliphatic carbocycles. The van der Waals surface area contributed by atoms with Crippen molar-refractivity contribution in [1.29, 1.82) is 0 Å². The number of imidazole rings is 1. The second kappa shape index (κ2) is 4.61. The molecular formula is C14H19N3O. The maximum Gasteiger partial charge on any atom is 0.121 e. The highest BCUT2D eigenvalue weighted by Crippen LogP contribution is 2.23. The van der Waals surface area contributed by atoms with E-state index in [1.54, 1.807) is 0 Å². The number of nitrogens with zero attached hydrogens (tertiary/aromatic N) is 2. The van der Waals surface area contributed by atoms with Crippen molar-refractivity contribution in [2.45, 2.75) is 25.9 Å². The van der Waals surface area contributed by atoms with Crippen molar-refractivity contribution >= 4 is 11.0 Å². The molecule has 1 N–H and O–H groups in total. The summed E-state index contributed by atoms with van der Waals surface area (Å²) in [6.07, 6.45) is 2.52. The third-order valence-corrected chi connectivity index (χ3v) is 3.66. The Labute approximate surface area is 107 Å². The zero-order chi connectivity index (χ0) is 12.5. The molecule has 0 atom stereocenters. The summed E-state index contributed by atoms with van der Waals surface area (Å²) in [5.41, 5.74) is 2.17. The van der Waals surface area contributed by atoms with E-state index in [1.807, 2.05) is 26.1 Å². The largest absolute Gasteiger partial charge is 0.490 e. The Morgan fingerprint density at radius 3 is 2.89 bits per heavy atom. The van der Waals surface area contributed by atoms with Crippen LogP contribution < -0.4 is 10.1 Å². The van der Waals surface area contributed by atoms with Crippen LogP contribution in [0, 0.1) is 6.92 Å². The van der Waals surface area contributed by atoms with E-state index < -0.39 is 0 Å². The van der Waals surface area contributed by atoms with Crippen molar-refractivity contribution in [3.05, 3.63) is 24.0 Å². The standard InChI is InChI=1S/C14H19N3O/c1-10-16-13-4-3-12(9-14(13)17(10)2)18-11-5-7-15-8-6-11/h3-4,9,11,15H,5-8H2,1-2H3. The van der Waals surface area contributed by atoms with Gasteiger partial charge in [0.2, 0.25) is 0 Å². The Hall–Kier alpha value is -1.55. The summed E-state index contributed by atoms with van der Waals surface area (Å²) in [4.78, 5) is 4.50. The zero-order valence-corrected chi connectivity index (χ0v) is 10.9. The first kappa shape index (κ1) is 11.5. The molecule has 4 heteroatoms. The van der Waals surface area contributed by atoms with Gasteiger partial charge < -0.3 is 14.6 Å². The highest BCUT2D eigenvalue weighted by molar-refractivity contribution is 5.77. The Balaban J connectivity index is 1.85. The van der Waals surface area contributed by atoms with Crippen LogP contribution in [0.4, 0.5) is 0 Å². The number of ether oxygens (including phenoxy) is 1. The fourth-order valence-corrected chi connectivity index (χ4v) is 2.47. The fourth-order valence-electron chi connectivity index (χ4n) is 2.47. The molecule has 1 aromatic carbocycles. The van der Waals surface area contributed by atoms with E-state index in [0.717, 1.165) is 48.5 Å². The fraction of sp³-hybridized carbons (Fsp3) is 0.500. The second-order valence-electron chi connectivity index (χ2n) is 4.94. The second-order valence-corrected chi connectivity index (χ2v) is 4.94. The molecular weight excluding hydrogens is 226 g/mol. The number of aromatic nitrogens is 2. The van der Waals surface area contributed by atoms with Crippen LogP contribution in [0.5, 0.6) is 5.75 Å². The maximum absolute atomic E-state index is 6.05. The highest BCUT2D eigenvalue weighted by atomic mass is 16.5. The van der Waals surface area contributed by atoms with Gasteiger partial charge in [-0.25, -0.2) is 4.98 Å². The van der Waals surface area contributed by atoms with Gasteiger partial charge in [0.25, 0.3) is 0 Å². The summed E-state index contributed by atoms with van der Waals surface area (Å²) < 4.78 is 8.15. The van der Waals surface area contributed by atoms with E-state index in [-0.39, 0.29) is 0 Å². The first-order valence-electron chi connectivity index (χ1n) is 6.54. The zero-order valence-electron chi connectivity index (χ0n) is 10.9. The molecule has 1 aliphatic rings. The molecule has 0 bridgehead atoms. The third-order valence-electron chi connectivity index (χ3n) is 3.66. The molecule has 96 valence electrons. The van der Waals surface area contributed by atoms with Gasteiger partial charge in [-0.1, -0.05) is 0 Å². The smallest absolute Gasteiger partial charge is 0.121 e. The van der Waals surface area contributed by atoms with Gasteiger partial charge in [-0.3, -0.25) is 0 Å². The SMILES string of the molecule is Cc1nc2ccc(OC3CCNCC3)cc2n1C. The molecule has 0 spiro atoms. The van der Waals surface area contributed by atoms with E-state index >= 15 is 0 Å². The summed E-state index contributed by atoms with van der Waals surface area (Å²) in [5.74, 6) is 1.99. The molecule has 3 rings (SSSR count). The van der Waals surface area contributed by atoms with Gasteiger partial charge in [0.15, 0.2) is 0 Å². The van der Waals surface area contributed by atoms with E-state index in [1.165, 1.54) is 0 Å². The van der Waals surface area contributed by atoms with Crippen molar-refractivity contribution < 1.29 is 4.74 Å². The van der Waals surface area contributed by atoms with E-state index in [4.69, 9.17) is 4.74 Å². The van der Waals surface area contributed by atoms with Crippen molar-refractivity contribution in [3.63, 3.8) is 0 Å². The summed E-state index contributed by atoms with van der Waals surface area (Å²) in [7, 11) is 2.04. The third kappa shape index (κ3) is 2.08. The minimum Gasteiger partial charge on any atom is -0.490 e. The monoisotopic (exact) mass is 245 g/mol. The molecule has 2 aromatic rings. The minimum atomic E-state index is 0.345. The molecule has 0 saturated carbocycles. The molecule has 1 saturated heterocycles. The van der Waals surface area contributed by atoms with Gasteiger partial charge in [-0.2, -0.15) is 0 Å². The molecule has 0 amide bonds. The average molecular weight is 245 g/mol. The molecule has 18 heavy (non-hydrogen) atoms. The topological polar surface area (TPSA) is 39.1 Å². The number of benzene rings is 1. The molecule has 1 aromatic heterocycles. The molecule has 4 nitrogen and oxygen atoms in total. The van der Waals surface area contributed by atoms with Crippen LogP contribution in [-0.4, -0.2) is 28.7 Å². The molecule has 2 heterocycles. The van der Waals surface area contributed by atoms with Crippen LogP contribution in [0.3, 0.4) is 0 Å². The van der Waals surface area contributed by atoms with Crippen molar-refractivity contribution in [3.8, 4) is 5.75 Å². The van der Waals surface area contributed by atoms with Crippen LogP contribution in [-0.2, 0) is 7.05 Å². The molecule has 0 radical (unpaired) electrons. The van der Waals surface area contributed by atoms with Gasteiger partial charge in [0.1, 0.15) is 17.7 Å².